The fourth-order valence-corrected chi connectivity index (χ4v) is 2.96. The van der Waals surface area contributed by atoms with Crippen LogP contribution in [0.25, 0.3) is 0 Å². The van der Waals surface area contributed by atoms with Crippen LogP contribution in [0.15, 0.2) is 55.3 Å². The van der Waals surface area contributed by atoms with Gasteiger partial charge in [0.25, 0.3) is 0 Å². The molecule has 0 saturated heterocycles. The molecule has 0 radical (unpaired) electrons. The summed E-state index contributed by atoms with van der Waals surface area (Å²) in [5, 5.41) is 8.01. The Morgan fingerprint density at radius 1 is 1.03 bits per heavy atom. The molecular formula is C23H21F3N6O2. The van der Waals surface area contributed by atoms with Crippen LogP contribution in [-0.2, 0) is 11.0 Å². The lowest BCUT2D eigenvalue weighted by Crippen LogP contribution is -2.15. The number of rotatable bonds is 7. The number of carbonyl (C=O) groups excluding carboxylic acids is 2. The van der Waals surface area contributed by atoms with Gasteiger partial charge < -0.3 is 21.7 Å². The highest BCUT2D eigenvalue weighted by Crippen LogP contribution is 2.37. The van der Waals surface area contributed by atoms with E-state index < -0.39 is 29.4 Å². The first-order chi connectivity index (χ1) is 16.0. The highest BCUT2D eigenvalue weighted by Gasteiger charge is 2.35. The summed E-state index contributed by atoms with van der Waals surface area (Å²) in [6, 6.07) is 9.39. The van der Waals surface area contributed by atoms with E-state index in [0.717, 1.165) is 11.6 Å². The predicted octanol–water partition coefficient (Wildman–Crippen LogP) is 4.82. The van der Waals surface area contributed by atoms with Crippen LogP contribution < -0.4 is 21.7 Å². The smallest absolute Gasteiger partial charge is 0.366 e. The Labute approximate surface area is 193 Å². The Balaban J connectivity index is 2.03. The van der Waals surface area contributed by atoms with Gasteiger partial charge >= 0.3 is 6.18 Å². The second kappa shape index (κ2) is 9.61. The van der Waals surface area contributed by atoms with E-state index in [9.17, 15) is 22.8 Å². The van der Waals surface area contributed by atoms with Gasteiger partial charge in [0.2, 0.25) is 17.8 Å². The standard InChI is InChI=1S/C23H21F3N6O2/c1-4-19(33)29-18-9-12(2)5-8-16(18)30-21-15(23(24,25)26)11-28-22(32-21)31-17-10-14(20(27)34)7-6-13(17)3/h4-11H,1H2,2-3H3,(H2,27,34)(H,29,33)(H2,28,30,31,32). The van der Waals surface area contributed by atoms with Gasteiger partial charge in [0, 0.05) is 17.4 Å². The molecule has 0 fully saturated rings. The molecule has 176 valence electrons. The number of hydrogen-bond acceptors (Lipinski definition) is 6. The number of aryl methyl sites for hydroxylation is 2. The van der Waals surface area contributed by atoms with Crippen LogP contribution in [0.1, 0.15) is 27.0 Å². The number of hydrogen-bond donors (Lipinski definition) is 4. The van der Waals surface area contributed by atoms with Gasteiger partial charge in [-0.05, 0) is 55.3 Å². The van der Waals surface area contributed by atoms with E-state index in [1.54, 1.807) is 32.0 Å². The van der Waals surface area contributed by atoms with Gasteiger partial charge in [0.05, 0.1) is 11.4 Å². The highest BCUT2D eigenvalue weighted by atomic mass is 19.4. The van der Waals surface area contributed by atoms with Crippen LogP contribution in [0.3, 0.4) is 0 Å². The molecular weight excluding hydrogens is 449 g/mol. The number of carbonyl (C=O) groups is 2. The summed E-state index contributed by atoms with van der Waals surface area (Å²) in [6.07, 6.45) is -3.07. The Bertz CT molecular complexity index is 1270. The van der Waals surface area contributed by atoms with Crippen LogP contribution in [0.5, 0.6) is 0 Å². The lowest BCUT2D eigenvalue weighted by molar-refractivity contribution is -0.137. The summed E-state index contributed by atoms with van der Waals surface area (Å²) in [5.74, 6) is -1.87. The van der Waals surface area contributed by atoms with E-state index in [4.69, 9.17) is 5.73 Å². The summed E-state index contributed by atoms with van der Waals surface area (Å²) < 4.78 is 41.0. The van der Waals surface area contributed by atoms with Crippen LogP contribution in [-0.4, -0.2) is 21.8 Å². The topological polar surface area (TPSA) is 122 Å². The quantitative estimate of drug-likeness (QED) is 0.367. The Morgan fingerprint density at radius 2 is 1.76 bits per heavy atom. The summed E-state index contributed by atoms with van der Waals surface area (Å²) in [4.78, 5) is 31.0. The first-order valence-electron chi connectivity index (χ1n) is 9.90. The maximum Gasteiger partial charge on any atom is 0.421 e. The number of amides is 2. The minimum absolute atomic E-state index is 0.149. The molecule has 0 spiro atoms. The van der Waals surface area contributed by atoms with E-state index >= 15 is 0 Å². The van der Waals surface area contributed by atoms with Crippen LogP contribution >= 0.6 is 0 Å². The maximum absolute atomic E-state index is 13.7. The summed E-state index contributed by atoms with van der Waals surface area (Å²) in [7, 11) is 0. The van der Waals surface area contributed by atoms with Crippen molar-refractivity contribution in [3.05, 3.63) is 77.5 Å². The van der Waals surface area contributed by atoms with Gasteiger partial charge in [-0.1, -0.05) is 18.7 Å². The summed E-state index contributed by atoms with van der Waals surface area (Å²) >= 11 is 0. The van der Waals surface area contributed by atoms with Crippen molar-refractivity contribution in [3.8, 4) is 0 Å². The number of halogens is 3. The number of anilines is 5. The lowest BCUT2D eigenvalue weighted by Gasteiger charge is -2.18. The monoisotopic (exact) mass is 470 g/mol. The largest absolute Gasteiger partial charge is 0.421 e. The average Bonchev–Trinajstić information content (AvgIpc) is 2.76. The molecule has 8 nitrogen and oxygen atoms in total. The fraction of sp³-hybridized carbons (Fsp3) is 0.130. The predicted molar refractivity (Wildman–Crippen MR) is 123 cm³/mol. The average molecular weight is 470 g/mol. The summed E-state index contributed by atoms with van der Waals surface area (Å²) in [5.41, 5.74) is 6.70. The minimum Gasteiger partial charge on any atom is -0.366 e. The molecule has 0 saturated carbocycles. The van der Waals surface area contributed by atoms with Crippen LogP contribution in [0.4, 0.5) is 42.0 Å². The molecule has 2 amide bonds. The minimum atomic E-state index is -4.75. The molecule has 0 unspecified atom stereocenters. The number of aromatic nitrogens is 2. The molecule has 3 rings (SSSR count). The molecule has 5 N–H and O–H groups in total. The molecule has 2 aromatic carbocycles. The summed E-state index contributed by atoms with van der Waals surface area (Å²) in [6.45, 7) is 6.88. The highest BCUT2D eigenvalue weighted by molar-refractivity contribution is 6.01. The number of nitrogens with zero attached hydrogens (tertiary/aromatic N) is 2. The van der Waals surface area contributed by atoms with Crippen molar-refractivity contribution in [3.63, 3.8) is 0 Å². The zero-order valence-electron chi connectivity index (χ0n) is 18.2. The molecule has 0 aliphatic rings. The number of primary amides is 1. The molecule has 0 aliphatic heterocycles. The van der Waals surface area contributed by atoms with Gasteiger partial charge in [-0.2, -0.15) is 18.2 Å². The third kappa shape index (κ3) is 5.68. The van der Waals surface area contributed by atoms with Crippen molar-refractivity contribution < 1.29 is 22.8 Å². The Hall–Kier alpha value is -4.41. The van der Waals surface area contributed by atoms with Gasteiger partial charge in [0.1, 0.15) is 11.4 Å². The van der Waals surface area contributed by atoms with Crippen LogP contribution in [0, 0.1) is 13.8 Å². The van der Waals surface area contributed by atoms with Gasteiger partial charge in [0.15, 0.2) is 0 Å². The van der Waals surface area contributed by atoms with Crippen molar-refractivity contribution in [2.75, 3.05) is 16.0 Å². The van der Waals surface area contributed by atoms with Crippen molar-refractivity contribution in [2.45, 2.75) is 20.0 Å². The lowest BCUT2D eigenvalue weighted by atomic mass is 10.1. The first-order valence-corrected chi connectivity index (χ1v) is 9.90. The van der Waals surface area contributed by atoms with E-state index in [0.29, 0.717) is 17.4 Å². The first kappa shape index (κ1) is 24.2. The van der Waals surface area contributed by atoms with Crippen molar-refractivity contribution in [1.29, 1.82) is 0 Å². The normalized spacial score (nSPS) is 11.0. The maximum atomic E-state index is 13.7. The molecule has 0 bridgehead atoms. The number of nitrogens with two attached hydrogens (primary N) is 1. The third-order valence-corrected chi connectivity index (χ3v) is 4.73. The third-order valence-electron chi connectivity index (χ3n) is 4.73. The molecule has 3 aromatic rings. The number of benzene rings is 2. The van der Waals surface area contributed by atoms with Crippen molar-refractivity contribution in [2.24, 2.45) is 5.73 Å². The zero-order chi connectivity index (χ0) is 25.0. The van der Waals surface area contributed by atoms with Gasteiger partial charge in [-0.3, -0.25) is 9.59 Å². The van der Waals surface area contributed by atoms with Crippen molar-refractivity contribution in [1.82, 2.24) is 9.97 Å². The second-order valence-corrected chi connectivity index (χ2v) is 7.34. The van der Waals surface area contributed by atoms with Crippen molar-refractivity contribution >= 4 is 40.6 Å². The SMILES string of the molecule is C=CC(=O)Nc1cc(C)ccc1Nc1nc(Nc2cc(C(N)=O)ccc2C)ncc1C(F)(F)F. The van der Waals surface area contributed by atoms with E-state index in [1.807, 2.05) is 0 Å². The van der Waals surface area contributed by atoms with Gasteiger partial charge in [-0.15, -0.1) is 0 Å². The zero-order valence-corrected chi connectivity index (χ0v) is 18.2. The van der Waals surface area contributed by atoms with E-state index in [2.05, 4.69) is 32.5 Å². The molecule has 1 aromatic heterocycles. The van der Waals surface area contributed by atoms with E-state index in [-0.39, 0.29) is 22.9 Å². The van der Waals surface area contributed by atoms with Crippen LogP contribution in [0.2, 0.25) is 0 Å². The Kier molecular flexibility index (Phi) is 6.85. The second-order valence-electron chi connectivity index (χ2n) is 7.34. The molecule has 34 heavy (non-hydrogen) atoms. The molecule has 0 atom stereocenters. The van der Waals surface area contributed by atoms with E-state index in [1.165, 1.54) is 18.2 Å². The fourth-order valence-electron chi connectivity index (χ4n) is 2.96. The molecule has 1 heterocycles. The molecule has 11 heteroatoms. The number of alkyl halides is 3. The number of nitrogens with one attached hydrogen (secondary N) is 3. The molecule has 0 aliphatic carbocycles. The van der Waals surface area contributed by atoms with Gasteiger partial charge in [-0.25, -0.2) is 4.98 Å². The Morgan fingerprint density at radius 3 is 2.41 bits per heavy atom.